The quantitative estimate of drug-likeness (QED) is 0.710. The van der Waals surface area contributed by atoms with Crippen LogP contribution in [0.25, 0.3) is 0 Å². The lowest BCUT2D eigenvalue weighted by molar-refractivity contribution is 0.195. The highest BCUT2D eigenvalue weighted by molar-refractivity contribution is 4.92. The van der Waals surface area contributed by atoms with Crippen LogP contribution in [-0.2, 0) is 0 Å². The number of piperidine rings is 1. The van der Waals surface area contributed by atoms with E-state index in [0.717, 1.165) is 23.9 Å². The maximum absolute atomic E-state index is 3.91. The molecule has 0 bridgehead atoms. The van der Waals surface area contributed by atoms with Gasteiger partial charge in [-0.3, -0.25) is 0 Å². The number of nitrogens with one attached hydrogen (secondary N) is 1. The van der Waals surface area contributed by atoms with E-state index in [1.165, 1.54) is 57.8 Å². The number of fused-ring (bicyclic) bond motifs is 1. The molecule has 14 heavy (non-hydrogen) atoms. The van der Waals surface area contributed by atoms with E-state index in [4.69, 9.17) is 0 Å². The second-order valence-corrected chi connectivity index (χ2v) is 5.77. The maximum atomic E-state index is 3.91. The summed E-state index contributed by atoms with van der Waals surface area (Å²) in [5.74, 6) is 2.14. The van der Waals surface area contributed by atoms with Gasteiger partial charge < -0.3 is 5.32 Å². The summed E-state index contributed by atoms with van der Waals surface area (Å²) < 4.78 is 0. The van der Waals surface area contributed by atoms with E-state index in [1.54, 1.807) is 0 Å². The van der Waals surface area contributed by atoms with Crippen LogP contribution in [0.4, 0.5) is 0 Å². The molecular formula is C13H23N. The van der Waals surface area contributed by atoms with E-state index in [9.17, 15) is 0 Å². The molecule has 3 aliphatic rings. The van der Waals surface area contributed by atoms with Crippen LogP contribution in [0.3, 0.4) is 0 Å². The zero-order chi connectivity index (χ0) is 9.38. The molecule has 3 fully saturated rings. The zero-order valence-electron chi connectivity index (χ0n) is 9.17. The largest absolute Gasteiger partial charge is 0.311 e. The Balaban J connectivity index is 1.51. The van der Waals surface area contributed by atoms with Crippen LogP contribution in [0.5, 0.6) is 0 Å². The zero-order valence-corrected chi connectivity index (χ0v) is 9.17. The third-order valence-corrected chi connectivity index (χ3v) is 4.84. The lowest BCUT2D eigenvalue weighted by Crippen LogP contribution is -2.46. The Morgan fingerprint density at radius 1 is 0.857 bits per heavy atom. The highest BCUT2D eigenvalue weighted by Gasteiger charge is 2.34. The molecule has 0 aromatic carbocycles. The van der Waals surface area contributed by atoms with Crippen LogP contribution in [0.1, 0.15) is 57.8 Å². The molecule has 1 saturated heterocycles. The van der Waals surface area contributed by atoms with Gasteiger partial charge in [0.05, 0.1) is 0 Å². The molecule has 1 nitrogen and oxygen atoms in total. The summed E-state index contributed by atoms with van der Waals surface area (Å²) in [6, 6.07) is 1.80. The minimum Gasteiger partial charge on any atom is -0.311 e. The molecule has 3 atom stereocenters. The van der Waals surface area contributed by atoms with Crippen LogP contribution in [-0.4, -0.2) is 12.1 Å². The second-order valence-electron chi connectivity index (χ2n) is 5.77. The molecule has 2 aliphatic carbocycles. The van der Waals surface area contributed by atoms with Gasteiger partial charge >= 0.3 is 0 Å². The van der Waals surface area contributed by atoms with Crippen LogP contribution < -0.4 is 5.32 Å². The van der Waals surface area contributed by atoms with E-state index >= 15 is 0 Å². The van der Waals surface area contributed by atoms with E-state index in [0.29, 0.717) is 0 Å². The summed E-state index contributed by atoms with van der Waals surface area (Å²) in [7, 11) is 0. The average Bonchev–Trinajstić information content (AvgIpc) is 2.58. The predicted molar refractivity (Wildman–Crippen MR) is 59.2 cm³/mol. The Morgan fingerprint density at radius 3 is 2.50 bits per heavy atom. The van der Waals surface area contributed by atoms with Gasteiger partial charge in [0.2, 0.25) is 0 Å². The van der Waals surface area contributed by atoms with Crippen molar-refractivity contribution in [2.24, 2.45) is 11.8 Å². The fraction of sp³-hybridized carbons (Fsp3) is 1.00. The van der Waals surface area contributed by atoms with E-state index in [1.807, 2.05) is 0 Å². The molecule has 1 N–H and O–H groups in total. The second kappa shape index (κ2) is 3.84. The van der Waals surface area contributed by atoms with Crippen molar-refractivity contribution in [3.63, 3.8) is 0 Å². The third-order valence-electron chi connectivity index (χ3n) is 4.84. The van der Waals surface area contributed by atoms with Gasteiger partial charge in [0, 0.05) is 12.1 Å². The topological polar surface area (TPSA) is 12.0 Å². The highest BCUT2D eigenvalue weighted by Crippen LogP contribution is 2.37. The summed E-state index contributed by atoms with van der Waals surface area (Å²) in [6.45, 7) is 0. The number of rotatable bonds is 2. The predicted octanol–water partition coefficient (Wildman–Crippen LogP) is 3.10. The summed E-state index contributed by atoms with van der Waals surface area (Å²) in [4.78, 5) is 0. The molecule has 0 spiro atoms. The third kappa shape index (κ3) is 1.71. The fourth-order valence-corrected chi connectivity index (χ4v) is 3.72. The standard InChI is InChI=1S/C13H23N/c1-3-10(4-1)9-12-8-7-11-5-2-6-13(11)14-12/h10-14H,1-9H2. The molecule has 1 heteroatoms. The molecule has 0 radical (unpaired) electrons. The first-order valence-corrected chi connectivity index (χ1v) is 6.68. The first-order chi connectivity index (χ1) is 6.92. The van der Waals surface area contributed by atoms with E-state index in [2.05, 4.69) is 5.32 Å². The monoisotopic (exact) mass is 193 g/mol. The first kappa shape index (κ1) is 9.21. The molecule has 0 amide bonds. The van der Waals surface area contributed by atoms with Gasteiger partial charge in [0.25, 0.3) is 0 Å². The van der Waals surface area contributed by atoms with Crippen LogP contribution in [0.15, 0.2) is 0 Å². The van der Waals surface area contributed by atoms with Crippen molar-refractivity contribution in [3.05, 3.63) is 0 Å². The lowest BCUT2D eigenvalue weighted by Gasteiger charge is -2.37. The highest BCUT2D eigenvalue weighted by atomic mass is 15.0. The summed E-state index contributed by atoms with van der Waals surface area (Å²) in [6.07, 6.45) is 13.5. The van der Waals surface area contributed by atoms with Gasteiger partial charge in [-0.15, -0.1) is 0 Å². The van der Waals surface area contributed by atoms with Gasteiger partial charge in [-0.25, -0.2) is 0 Å². The Labute approximate surface area is 87.7 Å². The van der Waals surface area contributed by atoms with Crippen molar-refractivity contribution in [1.82, 2.24) is 5.32 Å². The summed E-state index contributed by atoms with van der Waals surface area (Å²) >= 11 is 0. The number of hydrogen-bond acceptors (Lipinski definition) is 1. The normalized spacial score (nSPS) is 43.3. The average molecular weight is 193 g/mol. The Bertz CT molecular complexity index is 197. The minimum absolute atomic E-state index is 0.889. The Kier molecular flexibility index (Phi) is 2.53. The van der Waals surface area contributed by atoms with Gasteiger partial charge in [0.15, 0.2) is 0 Å². The molecule has 0 aromatic heterocycles. The van der Waals surface area contributed by atoms with Crippen molar-refractivity contribution >= 4 is 0 Å². The van der Waals surface area contributed by atoms with Crippen molar-refractivity contribution in [2.75, 3.05) is 0 Å². The van der Waals surface area contributed by atoms with E-state index in [-0.39, 0.29) is 0 Å². The molecule has 80 valence electrons. The molecule has 1 heterocycles. The number of hydrogen-bond donors (Lipinski definition) is 1. The van der Waals surface area contributed by atoms with Crippen molar-refractivity contribution in [1.29, 1.82) is 0 Å². The molecule has 3 rings (SSSR count). The molecule has 2 saturated carbocycles. The van der Waals surface area contributed by atoms with Gasteiger partial charge in [-0.2, -0.15) is 0 Å². The van der Waals surface area contributed by atoms with Crippen LogP contribution in [0.2, 0.25) is 0 Å². The van der Waals surface area contributed by atoms with Crippen LogP contribution in [0, 0.1) is 11.8 Å². The SMILES string of the molecule is C1CC(CC2CCC3CCCC3N2)C1. The van der Waals surface area contributed by atoms with E-state index < -0.39 is 0 Å². The molecule has 1 aliphatic heterocycles. The van der Waals surface area contributed by atoms with Gasteiger partial charge in [0.1, 0.15) is 0 Å². The van der Waals surface area contributed by atoms with Crippen molar-refractivity contribution in [3.8, 4) is 0 Å². The maximum Gasteiger partial charge on any atom is 0.00979 e. The van der Waals surface area contributed by atoms with Gasteiger partial charge in [-0.05, 0) is 43.9 Å². The van der Waals surface area contributed by atoms with Crippen molar-refractivity contribution < 1.29 is 0 Å². The minimum atomic E-state index is 0.889. The molecule has 0 aromatic rings. The molecular weight excluding hydrogens is 170 g/mol. The van der Waals surface area contributed by atoms with Crippen LogP contribution >= 0.6 is 0 Å². The fourth-order valence-electron chi connectivity index (χ4n) is 3.72. The summed E-state index contributed by atoms with van der Waals surface area (Å²) in [5, 5.41) is 3.91. The molecule has 3 unspecified atom stereocenters. The Morgan fingerprint density at radius 2 is 1.71 bits per heavy atom. The summed E-state index contributed by atoms with van der Waals surface area (Å²) in [5.41, 5.74) is 0. The first-order valence-electron chi connectivity index (χ1n) is 6.68. The lowest BCUT2D eigenvalue weighted by atomic mass is 9.78. The van der Waals surface area contributed by atoms with Gasteiger partial charge in [-0.1, -0.05) is 25.7 Å². The Hall–Kier alpha value is -0.0400. The van der Waals surface area contributed by atoms with Crippen molar-refractivity contribution in [2.45, 2.75) is 69.9 Å². The smallest absolute Gasteiger partial charge is 0.00979 e.